The van der Waals surface area contributed by atoms with Crippen molar-refractivity contribution in [2.75, 3.05) is 54.9 Å². The highest BCUT2D eigenvalue weighted by atomic mass is 16.5. The monoisotopic (exact) mass is 487 g/mol. The molecule has 1 saturated heterocycles. The Balaban J connectivity index is 1.29. The Morgan fingerprint density at radius 1 is 0.889 bits per heavy atom. The van der Waals surface area contributed by atoms with Crippen LogP contribution in [-0.4, -0.2) is 67.0 Å². The van der Waals surface area contributed by atoms with Gasteiger partial charge in [0.15, 0.2) is 0 Å². The maximum Gasteiger partial charge on any atom is 0.339 e. The van der Waals surface area contributed by atoms with Crippen molar-refractivity contribution < 1.29 is 19.1 Å². The van der Waals surface area contributed by atoms with Crippen molar-refractivity contribution in [2.45, 2.75) is 6.92 Å². The quantitative estimate of drug-likeness (QED) is 0.470. The summed E-state index contributed by atoms with van der Waals surface area (Å²) in [6, 6.07) is 19.7. The Hall–Kier alpha value is -4.24. The van der Waals surface area contributed by atoms with Gasteiger partial charge in [-0.1, -0.05) is 30.3 Å². The van der Waals surface area contributed by atoms with Crippen LogP contribution < -0.4 is 15.5 Å². The number of aromatic nitrogens is 1. The summed E-state index contributed by atoms with van der Waals surface area (Å²) in [6.07, 6.45) is 1.53. The summed E-state index contributed by atoms with van der Waals surface area (Å²) < 4.78 is 4.99. The fourth-order valence-electron chi connectivity index (χ4n) is 3.95. The van der Waals surface area contributed by atoms with E-state index in [4.69, 9.17) is 4.74 Å². The first kappa shape index (κ1) is 24.9. The number of piperazine rings is 1. The lowest BCUT2D eigenvalue weighted by Gasteiger charge is -2.35. The third-order valence-corrected chi connectivity index (χ3v) is 5.80. The van der Waals surface area contributed by atoms with Gasteiger partial charge in [-0.2, -0.15) is 0 Å². The lowest BCUT2D eigenvalue weighted by molar-refractivity contribution is -0.117. The highest BCUT2D eigenvalue weighted by molar-refractivity contribution is 6.10. The maximum absolute atomic E-state index is 12.8. The topological polar surface area (TPSA) is 104 Å². The highest BCUT2D eigenvalue weighted by Gasteiger charge is 2.21. The molecule has 9 heteroatoms. The van der Waals surface area contributed by atoms with Gasteiger partial charge in [0.2, 0.25) is 5.91 Å². The Morgan fingerprint density at radius 3 is 2.31 bits per heavy atom. The summed E-state index contributed by atoms with van der Waals surface area (Å²) in [7, 11) is 0. The van der Waals surface area contributed by atoms with Crippen LogP contribution >= 0.6 is 0 Å². The molecule has 0 bridgehead atoms. The van der Waals surface area contributed by atoms with Crippen molar-refractivity contribution in [2.24, 2.45) is 0 Å². The predicted molar refractivity (Wildman–Crippen MR) is 138 cm³/mol. The zero-order valence-corrected chi connectivity index (χ0v) is 20.1. The number of hydrogen-bond acceptors (Lipinski definition) is 7. The summed E-state index contributed by atoms with van der Waals surface area (Å²) >= 11 is 0. The van der Waals surface area contributed by atoms with Crippen molar-refractivity contribution >= 4 is 35.0 Å². The van der Waals surface area contributed by atoms with Gasteiger partial charge in [0, 0.05) is 38.1 Å². The molecule has 3 aromatic rings. The summed E-state index contributed by atoms with van der Waals surface area (Å²) in [6.45, 7) is 5.08. The predicted octanol–water partition coefficient (Wildman–Crippen LogP) is 3.27. The Morgan fingerprint density at radius 2 is 1.61 bits per heavy atom. The fourth-order valence-corrected chi connectivity index (χ4v) is 3.95. The maximum atomic E-state index is 12.8. The molecule has 0 radical (unpaired) electrons. The van der Waals surface area contributed by atoms with Crippen LogP contribution in [0.1, 0.15) is 27.6 Å². The van der Waals surface area contributed by atoms with E-state index in [2.05, 4.69) is 25.4 Å². The lowest BCUT2D eigenvalue weighted by Crippen LogP contribution is -2.49. The van der Waals surface area contributed by atoms with Crippen LogP contribution in [0.25, 0.3) is 0 Å². The highest BCUT2D eigenvalue weighted by Crippen LogP contribution is 2.18. The molecule has 2 N–H and O–H groups in total. The standard InChI is InChI=1S/C27H29N5O4/c1-2-36-27(35)20-12-13-24(28-18-20)32-16-14-31(15-17-32)19-25(33)30-23-11-7-6-10-22(23)26(34)29-21-8-4-3-5-9-21/h3-13,18H,2,14-17,19H2,1H3,(H,29,34)(H,30,33). The van der Waals surface area contributed by atoms with Crippen LogP contribution in [0, 0.1) is 0 Å². The number of amides is 2. The summed E-state index contributed by atoms with van der Waals surface area (Å²) in [5.41, 5.74) is 1.98. The number of para-hydroxylation sites is 2. The molecule has 0 atom stereocenters. The van der Waals surface area contributed by atoms with E-state index in [1.54, 1.807) is 37.3 Å². The number of pyridine rings is 1. The normalized spacial score (nSPS) is 13.6. The molecule has 186 valence electrons. The minimum Gasteiger partial charge on any atom is -0.462 e. The van der Waals surface area contributed by atoms with E-state index < -0.39 is 0 Å². The molecule has 1 aliphatic heterocycles. The second-order valence-electron chi connectivity index (χ2n) is 8.30. The van der Waals surface area contributed by atoms with E-state index >= 15 is 0 Å². The molecule has 1 aliphatic rings. The van der Waals surface area contributed by atoms with Gasteiger partial charge in [-0.3, -0.25) is 14.5 Å². The SMILES string of the molecule is CCOC(=O)c1ccc(N2CCN(CC(=O)Nc3ccccc3C(=O)Nc3ccccc3)CC2)nc1. The number of esters is 1. The first-order valence-electron chi connectivity index (χ1n) is 11.9. The summed E-state index contributed by atoms with van der Waals surface area (Å²) in [5, 5.41) is 5.74. The number of ether oxygens (including phenoxy) is 1. The first-order valence-corrected chi connectivity index (χ1v) is 11.9. The molecule has 1 fully saturated rings. The van der Waals surface area contributed by atoms with E-state index in [0.717, 1.165) is 5.82 Å². The number of rotatable bonds is 8. The van der Waals surface area contributed by atoms with E-state index in [1.807, 2.05) is 36.4 Å². The van der Waals surface area contributed by atoms with Gasteiger partial charge in [-0.05, 0) is 43.3 Å². The largest absolute Gasteiger partial charge is 0.462 e. The third kappa shape index (κ3) is 6.45. The fraction of sp³-hybridized carbons (Fsp3) is 0.259. The number of nitrogens with zero attached hydrogens (tertiary/aromatic N) is 3. The molecule has 0 aliphatic carbocycles. The van der Waals surface area contributed by atoms with Crippen molar-refractivity contribution in [1.29, 1.82) is 0 Å². The van der Waals surface area contributed by atoms with Crippen molar-refractivity contribution in [3.63, 3.8) is 0 Å². The van der Waals surface area contributed by atoms with Crippen LogP contribution in [0.2, 0.25) is 0 Å². The smallest absolute Gasteiger partial charge is 0.339 e. The molecular weight excluding hydrogens is 458 g/mol. The van der Waals surface area contributed by atoms with Crippen LogP contribution in [-0.2, 0) is 9.53 Å². The molecule has 2 aromatic carbocycles. The van der Waals surface area contributed by atoms with Gasteiger partial charge >= 0.3 is 5.97 Å². The average molecular weight is 488 g/mol. The number of anilines is 3. The molecule has 9 nitrogen and oxygen atoms in total. The third-order valence-electron chi connectivity index (χ3n) is 5.80. The lowest BCUT2D eigenvalue weighted by atomic mass is 10.1. The van der Waals surface area contributed by atoms with Crippen LogP contribution in [0.3, 0.4) is 0 Å². The van der Waals surface area contributed by atoms with E-state index in [1.165, 1.54) is 6.20 Å². The second-order valence-corrected chi connectivity index (χ2v) is 8.30. The van der Waals surface area contributed by atoms with Gasteiger partial charge in [0.1, 0.15) is 5.82 Å². The number of benzene rings is 2. The number of carbonyl (C=O) groups is 3. The van der Waals surface area contributed by atoms with Crippen molar-refractivity contribution in [3.8, 4) is 0 Å². The molecule has 36 heavy (non-hydrogen) atoms. The van der Waals surface area contributed by atoms with Gasteiger partial charge in [-0.25, -0.2) is 9.78 Å². The summed E-state index contributed by atoms with van der Waals surface area (Å²) in [4.78, 5) is 45.9. The van der Waals surface area contributed by atoms with Gasteiger partial charge < -0.3 is 20.3 Å². The first-order chi connectivity index (χ1) is 17.5. The zero-order valence-electron chi connectivity index (χ0n) is 20.1. The van der Waals surface area contributed by atoms with E-state index in [9.17, 15) is 14.4 Å². The van der Waals surface area contributed by atoms with Gasteiger partial charge in [-0.15, -0.1) is 0 Å². The molecule has 0 spiro atoms. The van der Waals surface area contributed by atoms with E-state index in [-0.39, 0.29) is 24.3 Å². The average Bonchev–Trinajstić information content (AvgIpc) is 2.90. The van der Waals surface area contributed by atoms with Crippen molar-refractivity contribution in [1.82, 2.24) is 9.88 Å². The van der Waals surface area contributed by atoms with E-state index in [0.29, 0.717) is 55.3 Å². The molecule has 2 heterocycles. The second kappa shape index (κ2) is 11.9. The molecule has 0 saturated carbocycles. The molecule has 4 rings (SSSR count). The Kier molecular flexibility index (Phi) is 8.25. The van der Waals surface area contributed by atoms with Gasteiger partial charge in [0.25, 0.3) is 5.91 Å². The molecule has 1 aromatic heterocycles. The summed E-state index contributed by atoms with van der Waals surface area (Å²) in [5.74, 6) is -0.0653. The van der Waals surface area contributed by atoms with Crippen LogP contribution in [0.4, 0.5) is 17.2 Å². The minimum atomic E-state index is -0.383. The Labute approximate surface area is 210 Å². The Bertz CT molecular complexity index is 1190. The van der Waals surface area contributed by atoms with Gasteiger partial charge in [0.05, 0.1) is 30.0 Å². The zero-order chi connectivity index (χ0) is 25.3. The number of carbonyl (C=O) groups excluding carboxylic acids is 3. The molecule has 0 unspecified atom stereocenters. The van der Waals surface area contributed by atoms with Crippen LogP contribution in [0.15, 0.2) is 72.9 Å². The minimum absolute atomic E-state index is 0.180. The number of nitrogens with one attached hydrogen (secondary N) is 2. The number of hydrogen-bond donors (Lipinski definition) is 2. The van der Waals surface area contributed by atoms with Crippen molar-refractivity contribution in [3.05, 3.63) is 84.1 Å². The van der Waals surface area contributed by atoms with Crippen LogP contribution in [0.5, 0.6) is 0 Å². The molecule has 2 amide bonds. The molecular formula is C27H29N5O4.